The van der Waals surface area contributed by atoms with Crippen LogP contribution in [0.3, 0.4) is 0 Å². The number of carbonyl (C=O) groups is 1. The lowest BCUT2D eigenvalue weighted by Gasteiger charge is -2.13. The minimum atomic E-state index is -0.977. The predicted octanol–water partition coefficient (Wildman–Crippen LogP) is 3.27. The summed E-state index contributed by atoms with van der Waals surface area (Å²) in [6, 6.07) is 13.1. The van der Waals surface area contributed by atoms with Crippen molar-refractivity contribution < 1.29 is 9.90 Å². The highest BCUT2D eigenvalue weighted by Gasteiger charge is 2.13. The standard InChI is InChI=1S/C15H16N2O2/c1-10(2)16-14-12(15(18)19)8-9-13(17-14)11-6-4-3-5-7-11/h3-10H,1-2H3,(H,16,17)(H,18,19). The monoisotopic (exact) mass is 256 g/mol. The molecule has 98 valence electrons. The quantitative estimate of drug-likeness (QED) is 0.881. The highest BCUT2D eigenvalue weighted by Crippen LogP contribution is 2.22. The van der Waals surface area contributed by atoms with Crippen molar-refractivity contribution in [1.82, 2.24) is 4.98 Å². The number of aromatic carboxylic acids is 1. The zero-order valence-electron chi connectivity index (χ0n) is 10.9. The number of carboxylic acid groups (broad SMARTS) is 1. The summed E-state index contributed by atoms with van der Waals surface area (Å²) in [7, 11) is 0. The van der Waals surface area contributed by atoms with Gasteiger partial charge in [0, 0.05) is 11.6 Å². The number of hydrogen-bond donors (Lipinski definition) is 2. The van der Waals surface area contributed by atoms with Crippen LogP contribution in [0.2, 0.25) is 0 Å². The van der Waals surface area contributed by atoms with Crippen molar-refractivity contribution >= 4 is 11.8 Å². The van der Waals surface area contributed by atoms with Crippen molar-refractivity contribution in [2.75, 3.05) is 5.32 Å². The van der Waals surface area contributed by atoms with E-state index in [2.05, 4.69) is 10.3 Å². The molecule has 0 saturated heterocycles. The van der Waals surface area contributed by atoms with Gasteiger partial charge in [-0.15, -0.1) is 0 Å². The van der Waals surface area contributed by atoms with Crippen molar-refractivity contribution in [1.29, 1.82) is 0 Å². The Hall–Kier alpha value is -2.36. The van der Waals surface area contributed by atoms with Crippen LogP contribution in [0.1, 0.15) is 24.2 Å². The molecule has 0 amide bonds. The van der Waals surface area contributed by atoms with Crippen LogP contribution in [-0.4, -0.2) is 22.1 Å². The van der Waals surface area contributed by atoms with E-state index in [1.165, 1.54) is 0 Å². The summed E-state index contributed by atoms with van der Waals surface area (Å²) in [5.41, 5.74) is 1.91. The van der Waals surface area contributed by atoms with Crippen molar-refractivity contribution in [3.05, 3.63) is 48.0 Å². The average Bonchev–Trinajstić information content (AvgIpc) is 2.38. The third-order valence-electron chi connectivity index (χ3n) is 2.62. The van der Waals surface area contributed by atoms with Crippen molar-refractivity contribution in [2.24, 2.45) is 0 Å². The highest BCUT2D eigenvalue weighted by atomic mass is 16.4. The molecule has 2 rings (SSSR count). The maximum absolute atomic E-state index is 11.2. The first-order chi connectivity index (χ1) is 9.08. The van der Waals surface area contributed by atoms with Crippen molar-refractivity contribution in [3.63, 3.8) is 0 Å². The smallest absolute Gasteiger partial charge is 0.339 e. The fourth-order valence-corrected chi connectivity index (χ4v) is 1.78. The van der Waals surface area contributed by atoms with Crippen LogP contribution in [0, 0.1) is 0 Å². The molecule has 0 aliphatic rings. The van der Waals surface area contributed by atoms with E-state index >= 15 is 0 Å². The Morgan fingerprint density at radius 2 is 1.84 bits per heavy atom. The maximum atomic E-state index is 11.2. The molecule has 19 heavy (non-hydrogen) atoms. The molecule has 0 saturated carbocycles. The molecule has 0 bridgehead atoms. The van der Waals surface area contributed by atoms with E-state index in [1.54, 1.807) is 12.1 Å². The van der Waals surface area contributed by atoms with Crippen LogP contribution in [-0.2, 0) is 0 Å². The summed E-state index contributed by atoms with van der Waals surface area (Å²) in [5, 5.41) is 12.2. The van der Waals surface area contributed by atoms with Crippen LogP contribution in [0.5, 0.6) is 0 Å². The average molecular weight is 256 g/mol. The van der Waals surface area contributed by atoms with Gasteiger partial charge in [-0.3, -0.25) is 0 Å². The van der Waals surface area contributed by atoms with Crippen LogP contribution in [0.25, 0.3) is 11.3 Å². The summed E-state index contributed by atoms with van der Waals surface area (Å²) in [6.45, 7) is 3.89. The topological polar surface area (TPSA) is 62.2 Å². The molecule has 1 aromatic carbocycles. The zero-order chi connectivity index (χ0) is 13.8. The number of carboxylic acids is 1. The van der Waals surface area contributed by atoms with Crippen LogP contribution in [0.15, 0.2) is 42.5 Å². The molecule has 0 unspecified atom stereocenters. The fourth-order valence-electron chi connectivity index (χ4n) is 1.78. The van der Waals surface area contributed by atoms with Gasteiger partial charge in [0.25, 0.3) is 0 Å². The molecule has 0 atom stereocenters. The highest BCUT2D eigenvalue weighted by molar-refractivity contribution is 5.93. The Kier molecular flexibility index (Phi) is 3.80. The Morgan fingerprint density at radius 3 is 2.42 bits per heavy atom. The summed E-state index contributed by atoms with van der Waals surface area (Å²) < 4.78 is 0. The molecule has 4 nitrogen and oxygen atoms in total. The molecule has 0 spiro atoms. The number of nitrogens with one attached hydrogen (secondary N) is 1. The Labute approximate surface area is 112 Å². The van der Waals surface area contributed by atoms with Crippen LogP contribution < -0.4 is 5.32 Å². The Balaban J connectivity index is 2.46. The van der Waals surface area contributed by atoms with Gasteiger partial charge in [-0.25, -0.2) is 9.78 Å². The van der Waals surface area contributed by atoms with E-state index in [4.69, 9.17) is 5.11 Å². The Morgan fingerprint density at radius 1 is 1.16 bits per heavy atom. The van der Waals surface area contributed by atoms with E-state index in [1.807, 2.05) is 44.2 Å². The van der Waals surface area contributed by atoms with Gasteiger partial charge in [0.05, 0.1) is 5.69 Å². The molecule has 2 aromatic rings. The number of hydrogen-bond acceptors (Lipinski definition) is 3. The number of aromatic nitrogens is 1. The van der Waals surface area contributed by atoms with Gasteiger partial charge in [-0.1, -0.05) is 30.3 Å². The lowest BCUT2D eigenvalue weighted by atomic mass is 10.1. The fraction of sp³-hybridized carbons (Fsp3) is 0.200. The number of anilines is 1. The normalized spacial score (nSPS) is 10.5. The minimum absolute atomic E-state index is 0.122. The third kappa shape index (κ3) is 3.10. The lowest BCUT2D eigenvalue weighted by Crippen LogP contribution is -2.15. The molecule has 1 heterocycles. The number of benzene rings is 1. The third-order valence-corrected chi connectivity index (χ3v) is 2.62. The van der Waals surface area contributed by atoms with E-state index in [9.17, 15) is 4.79 Å². The van der Waals surface area contributed by atoms with Crippen molar-refractivity contribution in [3.8, 4) is 11.3 Å². The molecule has 0 aliphatic carbocycles. The first kappa shape index (κ1) is 13.1. The van der Waals surface area contributed by atoms with Gasteiger partial charge in [0.15, 0.2) is 0 Å². The van der Waals surface area contributed by atoms with E-state index < -0.39 is 5.97 Å². The van der Waals surface area contributed by atoms with E-state index in [0.29, 0.717) is 5.82 Å². The first-order valence-corrected chi connectivity index (χ1v) is 6.14. The first-order valence-electron chi connectivity index (χ1n) is 6.14. The summed E-state index contributed by atoms with van der Waals surface area (Å²) in [5.74, 6) is -0.570. The van der Waals surface area contributed by atoms with Gasteiger partial charge < -0.3 is 10.4 Å². The molecule has 2 N–H and O–H groups in total. The number of pyridine rings is 1. The summed E-state index contributed by atoms with van der Waals surface area (Å²) >= 11 is 0. The molecule has 4 heteroatoms. The number of rotatable bonds is 4. The van der Waals surface area contributed by atoms with Crippen LogP contribution in [0.4, 0.5) is 5.82 Å². The minimum Gasteiger partial charge on any atom is -0.478 e. The second-order valence-electron chi connectivity index (χ2n) is 4.56. The van der Waals surface area contributed by atoms with E-state index in [0.717, 1.165) is 11.3 Å². The largest absolute Gasteiger partial charge is 0.478 e. The molecule has 1 aromatic heterocycles. The summed E-state index contributed by atoms with van der Waals surface area (Å²) in [6.07, 6.45) is 0. The van der Waals surface area contributed by atoms with Gasteiger partial charge in [-0.2, -0.15) is 0 Å². The summed E-state index contributed by atoms with van der Waals surface area (Å²) in [4.78, 5) is 15.6. The molecule has 0 fully saturated rings. The van der Waals surface area contributed by atoms with E-state index in [-0.39, 0.29) is 11.6 Å². The van der Waals surface area contributed by atoms with Gasteiger partial charge in [-0.05, 0) is 26.0 Å². The predicted molar refractivity (Wildman–Crippen MR) is 75.4 cm³/mol. The molecular formula is C15H16N2O2. The van der Waals surface area contributed by atoms with Crippen molar-refractivity contribution in [2.45, 2.75) is 19.9 Å². The SMILES string of the molecule is CC(C)Nc1nc(-c2ccccc2)ccc1C(=O)O. The number of nitrogens with zero attached hydrogens (tertiary/aromatic N) is 1. The lowest BCUT2D eigenvalue weighted by molar-refractivity contribution is 0.0697. The molecule has 0 aliphatic heterocycles. The molecule has 0 radical (unpaired) electrons. The molecular weight excluding hydrogens is 240 g/mol. The van der Waals surface area contributed by atoms with Gasteiger partial charge in [0.2, 0.25) is 0 Å². The second kappa shape index (κ2) is 5.52. The van der Waals surface area contributed by atoms with Crippen LogP contribution >= 0.6 is 0 Å². The Bertz CT molecular complexity index is 580. The zero-order valence-corrected chi connectivity index (χ0v) is 10.9. The second-order valence-corrected chi connectivity index (χ2v) is 4.56. The van der Waals surface area contributed by atoms with Gasteiger partial charge in [0.1, 0.15) is 11.4 Å². The van der Waals surface area contributed by atoms with Gasteiger partial charge >= 0.3 is 5.97 Å². The maximum Gasteiger partial charge on any atom is 0.339 e.